The highest BCUT2D eigenvalue weighted by atomic mass is 32.2. The van der Waals surface area contributed by atoms with Crippen LogP contribution < -0.4 is 0 Å². The minimum absolute atomic E-state index is 0.0108. The average Bonchev–Trinajstić information content (AvgIpc) is 2.56. The molecule has 0 saturated heterocycles. The lowest BCUT2D eigenvalue weighted by atomic mass is 10.1. The number of carbonyl (C=O) groups is 1. The Morgan fingerprint density at radius 1 is 1.00 bits per heavy atom. The van der Waals surface area contributed by atoms with E-state index in [1.54, 1.807) is 42.5 Å². The summed E-state index contributed by atoms with van der Waals surface area (Å²) in [6, 6.07) is 14.8. The largest absolute Gasteiger partial charge is 0.465 e. The van der Waals surface area contributed by atoms with Crippen LogP contribution in [0.2, 0.25) is 0 Å². The summed E-state index contributed by atoms with van der Waals surface area (Å²) in [7, 11) is -2.79. The predicted octanol–water partition coefficient (Wildman–Crippen LogP) is 2.91. The Morgan fingerprint density at radius 2 is 1.61 bits per heavy atom. The predicted molar refractivity (Wildman–Crippen MR) is 85.9 cm³/mol. The van der Waals surface area contributed by atoms with Crippen molar-refractivity contribution in [1.29, 1.82) is 0 Å². The van der Waals surface area contributed by atoms with Crippen LogP contribution in [0.3, 0.4) is 0 Å². The molecule has 0 N–H and O–H groups in total. The molecule has 0 fully saturated rings. The molecule has 0 saturated carbocycles. The molecule has 2 aromatic carbocycles. The SMILES string of the molecule is COC(=O)/C(=C/OS(=O)(=O)c1ccc(C)cc1)c1ccccc1. The average molecular weight is 332 g/mol. The van der Waals surface area contributed by atoms with E-state index < -0.39 is 16.1 Å². The minimum atomic E-state index is -4.01. The molecule has 0 bridgehead atoms. The van der Waals surface area contributed by atoms with Crippen LogP contribution in [0.15, 0.2) is 65.8 Å². The summed E-state index contributed by atoms with van der Waals surface area (Å²) in [5.41, 5.74) is 1.45. The zero-order chi connectivity index (χ0) is 16.9. The Bertz CT molecular complexity index is 806. The van der Waals surface area contributed by atoms with Gasteiger partial charge in [-0.05, 0) is 24.6 Å². The second kappa shape index (κ2) is 7.11. The third kappa shape index (κ3) is 4.20. The summed E-state index contributed by atoms with van der Waals surface area (Å²) < 4.78 is 33.9. The Balaban J connectivity index is 2.33. The lowest BCUT2D eigenvalue weighted by Gasteiger charge is -2.07. The number of methoxy groups -OCH3 is 1. The molecule has 0 atom stereocenters. The van der Waals surface area contributed by atoms with Gasteiger partial charge < -0.3 is 8.92 Å². The van der Waals surface area contributed by atoms with E-state index in [0.29, 0.717) is 5.56 Å². The maximum Gasteiger partial charge on any atom is 0.341 e. The van der Waals surface area contributed by atoms with Crippen molar-refractivity contribution in [2.75, 3.05) is 7.11 Å². The number of esters is 1. The first-order valence-corrected chi connectivity index (χ1v) is 8.19. The Labute approximate surface area is 135 Å². The van der Waals surface area contributed by atoms with Crippen molar-refractivity contribution >= 4 is 21.7 Å². The van der Waals surface area contributed by atoms with Crippen LogP contribution in [0.25, 0.3) is 5.57 Å². The van der Waals surface area contributed by atoms with Gasteiger partial charge in [0.05, 0.1) is 7.11 Å². The summed E-state index contributed by atoms with van der Waals surface area (Å²) in [4.78, 5) is 11.9. The number of aryl methyl sites for hydroxylation is 1. The zero-order valence-electron chi connectivity index (χ0n) is 12.7. The zero-order valence-corrected chi connectivity index (χ0v) is 13.5. The quantitative estimate of drug-likeness (QED) is 0.364. The monoisotopic (exact) mass is 332 g/mol. The molecular weight excluding hydrogens is 316 g/mol. The van der Waals surface area contributed by atoms with E-state index in [2.05, 4.69) is 4.74 Å². The lowest BCUT2D eigenvalue weighted by molar-refractivity contribution is -0.133. The molecule has 0 aromatic heterocycles. The first kappa shape index (κ1) is 16.8. The second-order valence-corrected chi connectivity index (χ2v) is 6.32. The van der Waals surface area contributed by atoms with Crippen molar-refractivity contribution in [2.45, 2.75) is 11.8 Å². The van der Waals surface area contributed by atoms with E-state index in [1.165, 1.54) is 19.2 Å². The summed E-state index contributed by atoms with van der Waals surface area (Å²) in [6.45, 7) is 1.85. The number of ether oxygens (including phenoxy) is 1. The molecule has 120 valence electrons. The second-order valence-electron chi connectivity index (χ2n) is 4.75. The van der Waals surface area contributed by atoms with Crippen molar-refractivity contribution < 1.29 is 22.1 Å². The Kier molecular flexibility index (Phi) is 5.18. The first-order valence-electron chi connectivity index (χ1n) is 6.78. The molecule has 0 spiro atoms. The minimum Gasteiger partial charge on any atom is -0.465 e. The molecule has 0 heterocycles. The maximum atomic E-state index is 12.2. The standard InChI is InChI=1S/C17H16O5S/c1-13-8-10-15(11-9-13)23(19,20)22-12-16(17(18)21-2)14-6-4-3-5-7-14/h3-12H,1-2H3/b16-12+. The van der Waals surface area contributed by atoms with E-state index in [4.69, 9.17) is 4.18 Å². The maximum absolute atomic E-state index is 12.2. The lowest BCUT2D eigenvalue weighted by Crippen LogP contribution is -2.07. The Hall–Kier alpha value is -2.60. The van der Waals surface area contributed by atoms with Crippen LogP contribution in [0, 0.1) is 6.92 Å². The molecule has 5 nitrogen and oxygen atoms in total. The van der Waals surface area contributed by atoms with Gasteiger partial charge in [-0.15, -0.1) is 0 Å². The van der Waals surface area contributed by atoms with E-state index >= 15 is 0 Å². The van der Waals surface area contributed by atoms with Crippen LogP contribution in [-0.4, -0.2) is 21.5 Å². The van der Waals surface area contributed by atoms with E-state index in [0.717, 1.165) is 11.8 Å². The molecule has 0 aliphatic rings. The molecule has 23 heavy (non-hydrogen) atoms. The summed E-state index contributed by atoms with van der Waals surface area (Å²) >= 11 is 0. The van der Waals surface area contributed by atoms with Crippen LogP contribution in [-0.2, 0) is 23.8 Å². The van der Waals surface area contributed by atoms with Gasteiger partial charge in [-0.2, -0.15) is 8.42 Å². The molecular formula is C17H16O5S. The normalized spacial score (nSPS) is 11.8. The van der Waals surface area contributed by atoms with Gasteiger partial charge in [0.25, 0.3) is 0 Å². The third-order valence-electron chi connectivity index (χ3n) is 3.09. The third-order valence-corrected chi connectivity index (χ3v) is 4.29. The van der Waals surface area contributed by atoms with Crippen molar-refractivity contribution in [3.05, 3.63) is 72.0 Å². The molecule has 6 heteroatoms. The topological polar surface area (TPSA) is 69.7 Å². The van der Waals surface area contributed by atoms with Gasteiger partial charge in [0.15, 0.2) is 0 Å². The van der Waals surface area contributed by atoms with E-state index in [1.807, 2.05) is 6.92 Å². The van der Waals surface area contributed by atoms with Gasteiger partial charge >= 0.3 is 16.1 Å². The van der Waals surface area contributed by atoms with Crippen LogP contribution in [0.1, 0.15) is 11.1 Å². The molecule has 0 unspecified atom stereocenters. The number of benzene rings is 2. The fourth-order valence-electron chi connectivity index (χ4n) is 1.83. The molecule has 0 radical (unpaired) electrons. The summed E-state index contributed by atoms with van der Waals surface area (Å²) in [5.74, 6) is -0.685. The fourth-order valence-corrected chi connectivity index (χ4v) is 2.64. The van der Waals surface area contributed by atoms with Gasteiger partial charge in [-0.1, -0.05) is 48.0 Å². The van der Waals surface area contributed by atoms with E-state index in [9.17, 15) is 13.2 Å². The fraction of sp³-hybridized carbons (Fsp3) is 0.118. The van der Waals surface area contributed by atoms with Crippen molar-refractivity contribution in [3.63, 3.8) is 0 Å². The van der Waals surface area contributed by atoms with Gasteiger partial charge in [0.2, 0.25) is 0 Å². The van der Waals surface area contributed by atoms with Crippen LogP contribution in [0.5, 0.6) is 0 Å². The number of hydrogen-bond donors (Lipinski definition) is 0. The number of carbonyl (C=O) groups excluding carboxylic acids is 1. The van der Waals surface area contributed by atoms with Crippen molar-refractivity contribution in [1.82, 2.24) is 0 Å². The number of hydrogen-bond acceptors (Lipinski definition) is 5. The highest BCUT2D eigenvalue weighted by Gasteiger charge is 2.18. The highest BCUT2D eigenvalue weighted by Crippen LogP contribution is 2.19. The molecule has 0 amide bonds. The van der Waals surface area contributed by atoms with E-state index in [-0.39, 0.29) is 10.5 Å². The smallest absolute Gasteiger partial charge is 0.341 e. The Morgan fingerprint density at radius 3 is 2.17 bits per heavy atom. The van der Waals surface area contributed by atoms with Crippen molar-refractivity contribution in [2.24, 2.45) is 0 Å². The van der Waals surface area contributed by atoms with Crippen molar-refractivity contribution in [3.8, 4) is 0 Å². The van der Waals surface area contributed by atoms with Gasteiger partial charge in [-0.3, -0.25) is 0 Å². The molecule has 2 rings (SSSR count). The van der Waals surface area contributed by atoms with Crippen LogP contribution >= 0.6 is 0 Å². The van der Waals surface area contributed by atoms with Gasteiger partial charge in [-0.25, -0.2) is 4.79 Å². The first-order chi connectivity index (χ1) is 10.9. The highest BCUT2D eigenvalue weighted by molar-refractivity contribution is 7.86. The van der Waals surface area contributed by atoms with Crippen LogP contribution in [0.4, 0.5) is 0 Å². The number of rotatable bonds is 5. The summed E-state index contributed by atoms with van der Waals surface area (Å²) in [6.07, 6.45) is 0.899. The molecule has 0 aliphatic carbocycles. The molecule has 2 aromatic rings. The van der Waals surface area contributed by atoms with Gasteiger partial charge in [0, 0.05) is 0 Å². The summed E-state index contributed by atoms with van der Waals surface area (Å²) in [5, 5.41) is 0. The van der Waals surface area contributed by atoms with Gasteiger partial charge in [0.1, 0.15) is 16.7 Å². The molecule has 0 aliphatic heterocycles.